The van der Waals surface area contributed by atoms with Crippen LogP contribution in [0.5, 0.6) is 0 Å². The minimum absolute atomic E-state index is 0.420. The standard InChI is InChI=1S/C11H16N4O/c1-8-5-4-6-15-9(8)13-10(14-15)12-7-11(2,3)16/h4-6,16H,7H2,1-3H3,(H,12,14). The third-order valence-corrected chi connectivity index (χ3v) is 2.24. The summed E-state index contributed by atoms with van der Waals surface area (Å²) in [5.41, 5.74) is 1.14. The lowest BCUT2D eigenvalue weighted by Crippen LogP contribution is -2.29. The van der Waals surface area contributed by atoms with Crippen molar-refractivity contribution >= 4 is 11.6 Å². The summed E-state index contributed by atoms with van der Waals surface area (Å²) < 4.78 is 1.72. The van der Waals surface area contributed by atoms with Crippen molar-refractivity contribution in [1.82, 2.24) is 14.6 Å². The smallest absolute Gasteiger partial charge is 0.243 e. The number of fused-ring (bicyclic) bond motifs is 1. The molecular formula is C11H16N4O. The average Bonchev–Trinajstić information content (AvgIpc) is 2.58. The Hall–Kier alpha value is -1.62. The minimum Gasteiger partial charge on any atom is -0.389 e. The number of nitrogens with zero attached hydrogens (tertiary/aromatic N) is 3. The van der Waals surface area contributed by atoms with Crippen LogP contribution in [0.15, 0.2) is 18.3 Å². The van der Waals surface area contributed by atoms with E-state index in [0.29, 0.717) is 12.5 Å². The lowest BCUT2D eigenvalue weighted by molar-refractivity contribution is 0.0943. The van der Waals surface area contributed by atoms with Crippen LogP contribution < -0.4 is 5.32 Å². The number of aryl methyl sites for hydroxylation is 1. The van der Waals surface area contributed by atoms with E-state index in [-0.39, 0.29) is 0 Å². The van der Waals surface area contributed by atoms with Crippen molar-refractivity contribution in [2.45, 2.75) is 26.4 Å². The van der Waals surface area contributed by atoms with Crippen LogP contribution in [-0.2, 0) is 0 Å². The molecule has 86 valence electrons. The van der Waals surface area contributed by atoms with E-state index < -0.39 is 5.60 Å². The largest absolute Gasteiger partial charge is 0.389 e. The third-order valence-electron chi connectivity index (χ3n) is 2.24. The molecule has 0 saturated carbocycles. The molecule has 2 rings (SSSR count). The maximum Gasteiger partial charge on any atom is 0.243 e. The number of anilines is 1. The molecule has 0 spiro atoms. The van der Waals surface area contributed by atoms with Gasteiger partial charge in [0, 0.05) is 12.7 Å². The van der Waals surface area contributed by atoms with Gasteiger partial charge in [0.25, 0.3) is 0 Å². The highest BCUT2D eigenvalue weighted by Crippen LogP contribution is 2.10. The first-order chi connectivity index (χ1) is 7.46. The van der Waals surface area contributed by atoms with Crippen molar-refractivity contribution < 1.29 is 5.11 Å². The summed E-state index contributed by atoms with van der Waals surface area (Å²) in [5, 5.41) is 16.9. The van der Waals surface area contributed by atoms with Crippen LogP contribution in [0, 0.1) is 6.92 Å². The molecule has 5 nitrogen and oxygen atoms in total. The summed E-state index contributed by atoms with van der Waals surface area (Å²) in [4.78, 5) is 4.34. The predicted molar refractivity (Wildman–Crippen MR) is 62.5 cm³/mol. The highest BCUT2D eigenvalue weighted by molar-refractivity contribution is 5.49. The first-order valence-corrected chi connectivity index (χ1v) is 5.24. The van der Waals surface area contributed by atoms with Gasteiger partial charge in [-0.15, -0.1) is 5.10 Å². The summed E-state index contributed by atoms with van der Waals surface area (Å²) in [6.07, 6.45) is 1.85. The number of nitrogens with one attached hydrogen (secondary N) is 1. The van der Waals surface area contributed by atoms with E-state index in [2.05, 4.69) is 15.4 Å². The first kappa shape index (κ1) is 10.9. The quantitative estimate of drug-likeness (QED) is 0.816. The van der Waals surface area contributed by atoms with Crippen LogP contribution in [0.25, 0.3) is 5.65 Å². The number of hydrogen-bond donors (Lipinski definition) is 2. The monoisotopic (exact) mass is 220 g/mol. The second-order valence-electron chi connectivity index (χ2n) is 4.56. The fraction of sp³-hybridized carbons (Fsp3) is 0.455. The molecule has 0 fully saturated rings. The Bertz CT molecular complexity index is 498. The molecule has 0 amide bonds. The summed E-state index contributed by atoms with van der Waals surface area (Å²) in [7, 11) is 0. The zero-order chi connectivity index (χ0) is 11.8. The highest BCUT2D eigenvalue weighted by atomic mass is 16.3. The summed E-state index contributed by atoms with van der Waals surface area (Å²) in [6, 6.07) is 3.92. The Kier molecular flexibility index (Phi) is 2.55. The molecular weight excluding hydrogens is 204 g/mol. The molecule has 0 bridgehead atoms. The zero-order valence-electron chi connectivity index (χ0n) is 9.73. The molecule has 0 aliphatic heterocycles. The van der Waals surface area contributed by atoms with Crippen LogP contribution in [0.3, 0.4) is 0 Å². The first-order valence-electron chi connectivity index (χ1n) is 5.24. The summed E-state index contributed by atoms with van der Waals surface area (Å²) in [5.74, 6) is 0.538. The lowest BCUT2D eigenvalue weighted by Gasteiger charge is -2.16. The normalized spacial score (nSPS) is 12.0. The van der Waals surface area contributed by atoms with Gasteiger partial charge in [0.1, 0.15) is 0 Å². The van der Waals surface area contributed by atoms with Crippen molar-refractivity contribution in [2.75, 3.05) is 11.9 Å². The summed E-state index contributed by atoms with van der Waals surface area (Å²) in [6.45, 7) is 5.88. The van der Waals surface area contributed by atoms with Gasteiger partial charge in [-0.05, 0) is 32.4 Å². The molecule has 0 saturated heterocycles. The van der Waals surface area contributed by atoms with Crippen LogP contribution in [-0.4, -0.2) is 31.9 Å². The molecule has 0 radical (unpaired) electrons. The number of rotatable bonds is 3. The van der Waals surface area contributed by atoms with Crippen LogP contribution in [0.4, 0.5) is 5.95 Å². The molecule has 2 heterocycles. The molecule has 2 aromatic heterocycles. The van der Waals surface area contributed by atoms with Crippen molar-refractivity contribution in [3.05, 3.63) is 23.9 Å². The van der Waals surface area contributed by atoms with E-state index in [0.717, 1.165) is 11.2 Å². The molecule has 5 heteroatoms. The predicted octanol–water partition coefficient (Wildman–Crippen LogP) is 1.22. The molecule has 2 aromatic rings. The molecule has 0 aliphatic rings. The second kappa shape index (κ2) is 3.75. The SMILES string of the molecule is Cc1cccn2nc(NCC(C)(C)O)nc12. The maximum atomic E-state index is 9.58. The number of pyridine rings is 1. The molecule has 0 aromatic carbocycles. The van der Waals surface area contributed by atoms with Gasteiger partial charge in [0.15, 0.2) is 5.65 Å². The fourth-order valence-electron chi connectivity index (χ4n) is 1.41. The van der Waals surface area contributed by atoms with Gasteiger partial charge in [-0.25, -0.2) is 4.52 Å². The van der Waals surface area contributed by atoms with Gasteiger partial charge >= 0.3 is 0 Å². The Morgan fingerprint density at radius 3 is 2.88 bits per heavy atom. The van der Waals surface area contributed by atoms with Crippen LogP contribution in [0.2, 0.25) is 0 Å². The topological polar surface area (TPSA) is 62.5 Å². The Labute approximate surface area is 94.1 Å². The molecule has 2 N–H and O–H groups in total. The Morgan fingerprint density at radius 1 is 1.50 bits per heavy atom. The van der Waals surface area contributed by atoms with Crippen molar-refractivity contribution in [2.24, 2.45) is 0 Å². The van der Waals surface area contributed by atoms with E-state index in [9.17, 15) is 5.11 Å². The molecule has 16 heavy (non-hydrogen) atoms. The highest BCUT2D eigenvalue weighted by Gasteiger charge is 2.13. The van der Waals surface area contributed by atoms with Gasteiger partial charge in [-0.1, -0.05) is 6.07 Å². The number of aliphatic hydroxyl groups is 1. The molecule has 0 unspecified atom stereocenters. The second-order valence-corrected chi connectivity index (χ2v) is 4.56. The van der Waals surface area contributed by atoms with Crippen molar-refractivity contribution in [3.8, 4) is 0 Å². The third kappa shape index (κ3) is 2.30. The molecule has 0 atom stereocenters. The summed E-state index contributed by atoms with van der Waals surface area (Å²) >= 11 is 0. The van der Waals surface area contributed by atoms with E-state index in [1.54, 1.807) is 18.4 Å². The van der Waals surface area contributed by atoms with Crippen molar-refractivity contribution in [3.63, 3.8) is 0 Å². The van der Waals surface area contributed by atoms with E-state index >= 15 is 0 Å². The van der Waals surface area contributed by atoms with Gasteiger partial charge in [0.2, 0.25) is 5.95 Å². The van der Waals surface area contributed by atoms with Crippen molar-refractivity contribution in [1.29, 1.82) is 0 Å². The van der Waals surface area contributed by atoms with E-state index in [1.807, 2.05) is 25.3 Å². The van der Waals surface area contributed by atoms with Gasteiger partial charge in [-0.2, -0.15) is 4.98 Å². The minimum atomic E-state index is -0.771. The van der Waals surface area contributed by atoms with Gasteiger partial charge in [0.05, 0.1) is 5.60 Å². The fourth-order valence-corrected chi connectivity index (χ4v) is 1.41. The van der Waals surface area contributed by atoms with E-state index in [1.165, 1.54) is 0 Å². The Morgan fingerprint density at radius 2 is 2.25 bits per heavy atom. The van der Waals surface area contributed by atoms with Crippen LogP contribution in [0.1, 0.15) is 19.4 Å². The maximum absolute atomic E-state index is 9.58. The molecule has 0 aliphatic carbocycles. The van der Waals surface area contributed by atoms with Crippen LogP contribution >= 0.6 is 0 Å². The zero-order valence-corrected chi connectivity index (χ0v) is 9.73. The lowest BCUT2D eigenvalue weighted by atomic mass is 10.1. The Balaban J connectivity index is 2.24. The van der Waals surface area contributed by atoms with Gasteiger partial charge in [-0.3, -0.25) is 0 Å². The van der Waals surface area contributed by atoms with Gasteiger partial charge < -0.3 is 10.4 Å². The number of aromatic nitrogens is 3. The average molecular weight is 220 g/mol. The number of hydrogen-bond acceptors (Lipinski definition) is 4. The van der Waals surface area contributed by atoms with E-state index in [4.69, 9.17) is 0 Å².